The van der Waals surface area contributed by atoms with E-state index in [2.05, 4.69) is 22.0 Å². The van der Waals surface area contributed by atoms with Crippen LogP contribution >= 0.6 is 11.3 Å². The summed E-state index contributed by atoms with van der Waals surface area (Å²) in [6.45, 7) is 4.57. The normalized spacial score (nSPS) is 34.4. The SMILES string of the molecule is CC(=O)c1csc(C[C@@]2(C(N)=O)[C@H]3C=C[C@H](C34CC4)[C@@]2(CCCN2CCCC2)C(N)=O)n1. The number of primary amides is 2. The van der Waals surface area contributed by atoms with Gasteiger partial charge in [-0.05, 0) is 75.4 Å². The van der Waals surface area contributed by atoms with E-state index < -0.39 is 22.6 Å². The molecule has 4 aliphatic rings. The van der Waals surface area contributed by atoms with Gasteiger partial charge >= 0.3 is 0 Å². The van der Waals surface area contributed by atoms with Crippen molar-refractivity contribution in [2.24, 2.45) is 39.5 Å². The molecule has 0 unspecified atom stereocenters. The molecule has 1 aromatic rings. The van der Waals surface area contributed by atoms with Crippen LogP contribution in [0.3, 0.4) is 0 Å². The molecular formula is C24H32N4O3S. The number of aromatic nitrogens is 1. The van der Waals surface area contributed by atoms with E-state index in [4.69, 9.17) is 11.5 Å². The predicted molar refractivity (Wildman–Crippen MR) is 122 cm³/mol. The van der Waals surface area contributed by atoms with Crippen LogP contribution in [0.5, 0.6) is 0 Å². The number of hydrogen-bond acceptors (Lipinski definition) is 6. The van der Waals surface area contributed by atoms with Gasteiger partial charge in [-0.25, -0.2) is 4.98 Å². The van der Waals surface area contributed by atoms with Gasteiger partial charge in [0.15, 0.2) is 5.78 Å². The zero-order valence-corrected chi connectivity index (χ0v) is 19.5. The summed E-state index contributed by atoms with van der Waals surface area (Å²) in [4.78, 5) is 45.5. The highest BCUT2D eigenvalue weighted by molar-refractivity contribution is 7.09. The van der Waals surface area contributed by atoms with Crippen LogP contribution in [0.25, 0.3) is 0 Å². The third-order valence-corrected chi connectivity index (χ3v) is 9.73. The summed E-state index contributed by atoms with van der Waals surface area (Å²) in [6, 6.07) is 0. The summed E-state index contributed by atoms with van der Waals surface area (Å²) in [7, 11) is 0. The topological polar surface area (TPSA) is 119 Å². The Bertz CT molecular complexity index is 993. The smallest absolute Gasteiger partial charge is 0.225 e. The number of amides is 2. The summed E-state index contributed by atoms with van der Waals surface area (Å²) in [5.74, 6) is -1.15. The molecule has 5 rings (SSSR count). The lowest BCUT2D eigenvalue weighted by atomic mass is 9.53. The molecule has 1 saturated heterocycles. The monoisotopic (exact) mass is 456 g/mol. The maximum Gasteiger partial charge on any atom is 0.225 e. The second kappa shape index (κ2) is 7.48. The Labute approximate surface area is 192 Å². The summed E-state index contributed by atoms with van der Waals surface area (Å²) < 4.78 is 0. The highest BCUT2D eigenvalue weighted by Gasteiger charge is 2.82. The van der Waals surface area contributed by atoms with Crippen LogP contribution in [0.4, 0.5) is 0 Å². The maximum atomic E-state index is 13.4. The van der Waals surface area contributed by atoms with Crippen molar-refractivity contribution in [2.45, 2.75) is 51.9 Å². The molecule has 1 aromatic heterocycles. The summed E-state index contributed by atoms with van der Waals surface area (Å²) in [5.41, 5.74) is 10.6. The van der Waals surface area contributed by atoms with Gasteiger partial charge in [-0.3, -0.25) is 14.4 Å². The molecule has 3 aliphatic carbocycles. The number of nitrogens with two attached hydrogens (primary N) is 2. The maximum absolute atomic E-state index is 13.4. The summed E-state index contributed by atoms with van der Waals surface area (Å²) in [6.07, 6.45) is 10.3. The Balaban J connectivity index is 1.56. The number of hydrogen-bond donors (Lipinski definition) is 2. The number of nitrogens with zero attached hydrogens (tertiary/aromatic N) is 2. The van der Waals surface area contributed by atoms with Crippen LogP contribution in [-0.4, -0.2) is 47.1 Å². The van der Waals surface area contributed by atoms with Gasteiger partial charge in [-0.1, -0.05) is 12.2 Å². The van der Waals surface area contributed by atoms with Crippen molar-refractivity contribution in [3.63, 3.8) is 0 Å². The lowest BCUT2D eigenvalue weighted by Crippen LogP contribution is -2.60. The van der Waals surface area contributed by atoms with Crippen LogP contribution in [0, 0.1) is 28.1 Å². The number of ketones is 1. The van der Waals surface area contributed by atoms with E-state index in [1.807, 2.05) is 0 Å². The molecule has 3 fully saturated rings. The predicted octanol–water partition coefficient (Wildman–Crippen LogP) is 2.30. The first-order valence-electron chi connectivity index (χ1n) is 11.7. The van der Waals surface area contributed by atoms with Crippen molar-refractivity contribution in [3.05, 3.63) is 28.2 Å². The number of thiazole rings is 1. The number of allylic oxidation sites excluding steroid dienone is 2. The van der Waals surface area contributed by atoms with Crippen LogP contribution in [-0.2, 0) is 16.0 Å². The van der Waals surface area contributed by atoms with Crippen LogP contribution < -0.4 is 11.5 Å². The lowest BCUT2D eigenvalue weighted by molar-refractivity contribution is -0.151. The number of rotatable bonds is 9. The second-order valence-corrected chi connectivity index (χ2v) is 11.2. The fourth-order valence-corrected chi connectivity index (χ4v) is 8.34. The minimum Gasteiger partial charge on any atom is -0.369 e. The molecule has 7 nitrogen and oxygen atoms in total. The van der Waals surface area contributed by atoms with Crippen molar-refractivity contribution >= 4 is 28.9 Å². The zero-order valence-electron chi connectivity index (χ0n) is 18.6. The van der Waals surface area contributed by atoms with E-state index in [0.717, 1.165) is 38.9 Å². The van der Waals surface area contributed by atoms with E-state index in [1.54, 1.807) is 5.38 Å². The largest absolute Gasteiger partial charge is 0.369 e. The van der Waals surface area contributed by atoms with Gasteiger partial charge in [0.1, 0.15) is 5.69 Å². The molecule has 32 heavy (non-hydrogen) atoms. The molecule has 172 valence electrons. The van der Waals surface area contributed by atoms with Gasteiger partial charge in [0.2, 0.25) is 11.8 Å². The fourth-order valence-electron chi connectivity index (χ4n) is 7.41. The Kier molecular flexibility index (Phi) is 5.09. The Morgan fingerprint density at radius 3 is 2.25 bits per heavy atom. The standard InChI is InChI=1S/C24H32N4O3S/c1-15(29)16-14-32-19(27-16)13-24(21(26)31)18-6-5-17(22(18)8-9-22)23(24,20(25)30)7-4-12-28-10-2-3-11-28/h5-6,14,17-18H,2-4,7-13H2,1H3,(H2,25,30)(H2,26,31)/t17-,18+,23+,24+/m1/s1. The molecule has 2 saturated carbocycles. The summed E-state index contributed by atoms with van der Waals surface area (Å²) in [5, 5.41) is 2.40. The van der Waals surface area contributed by atoms with Crippen LogP contribution in [0.1, 0.15) is 60.9 Å². The van der Waals surface area contributed by atoms with Gasteiger partial charge in [0.05, 0.1) is 15.8 Å². The van der Waals surface area contributed by atoms with E-state index in [9.17, 15) is 14.4 Å². The van der Waals surface area contributed by atoms with Crippen molar-refractivity contribution in [1.82, 2.24) is 9.88 Å². The molecule has 4 atom stereocenters. The van der Waals surface area contributed by atoms with Crippen LogP contribution in [0.15, 0.2) is 17.5 Å². The number of Topliss-reactive ketones (excluding diaryl/α,β-unsaturated/α-hetero) is 1. The zero-order chi connectivity index (χ0) is 22.7. The van der Waals surface area contributed by atoms with Gasteiger partial charge in [0, 0.05) is 18.7 Å². The van der Waals surface area contributed by atoms with Crippen molar-refractivity contribution in [3.8, 4) is 0 Å². The Morgan fingerprint density at radius 2 is 1.72 bits per heavy atom. The lowest BCUT2D eigenvalue weighted by Gasteiger charge is -2.47. The third kappa shape index (κ3) is 2.81. The average Bonchev–Trinajstić information content (AvgIpc) is 3.08. The molecule has 0 aromatic carbocycles. The average molecular weight is 457 g/mol. The molecular weight excluding hydrogens is 424 g/mol. The second-order valence-electron chi connectivity index (χ2n) is 10.3. The fraction of sp³-hybridized carbons (Fsp3) is 0.667. The molecule has 4 N–H and O–H groups in total. The molecule has 2 heterocycles. The Morgan fingerprint density at radius 1 is 1.09 bits per heavy atom. The van der Waals surface area contributed by atoms with E-state index in [0.29, 0.717) is 17.1 Å². The van der Waals surface area contributed by atoms with Crippen LogP contribution in [0.2, 0.25) is 0 Å². The van der Waals surface area contributed by atoms with E-state index in [1.165, 1.54) is 31.1 Å². The highest BCUT2D eigenvalue weighted by Crippen LogP contribution is 2.81. The molecule has 2 amide bonds. The minimum absolute atomic E-state index is 0.0594. The molecule has 0 radical (unpaired) electrons. The van der Waals surface area contributed by atoms with Crippen molar-refractivity contribution < 1.29 is 14.4 Å². The van der Waals surface area contributed by atoms with Gasteiger partial charge < -0.3 is 16.4 Å². The van der Waals surface area contributed by atoms with Crippen molar-refractivity contribution in [1.29, 1.82) is 0 Å². The quantitative estimate of drug-likeness (QED) is 0.436. The Hall–Kier alpha value is -2.06. The highest BCUT2D eigenvalue weighted by atomic mass is 32.1. The van der Waals surface area contributed by atoms with Gasteiger partial charge in [-0.15, -0.1) is 11.3 Å². The van der Waals surface area contributed by atoms with E-state index in [-0.39, 0.29) is 29.5 Å². The van der Waals surface area contributed by atoms with E-state index >= 15 is 0 Å². The van der Waals surface area contributed by atoms with Gasteiger partial charge in [0.25, 0.3) is 0 Å². The number of carbonyl (C=O) groups is 3. The third-order valence-electron chi connectivity index (χ3n) is 8.89. The molecule has 1 aliphatic heterocycles. The summed E-state index contributed by atoms with van der Waals surface area (Å²) >= 11 is 1.36. The molecule has 8 heteroatoms. The number of likely N-dealkylation sites (tertiary alicyclic amines) is 1. The molecule has 1 spiro atoms. The first kappa shape index (κ1) is 21.8. The van der Waals surface area contributed by atoms with Gasteiger partial charge in [-0.2, -0.15) is 0 Å². The first-order chi connectivity index (χ1) is 15.3. The molecule has 2 bridgehead atoms. The number of carbonyl (C=O) groups excluding carboxylic acids is 3. The van der Waals surface area contributed by atoms with Crippen molar-refractivity contribution in [2.75, 3.05) is 19.6 Å². The first-order valence-corrected chi connectivity index (χ1v) is 12.6. The minimum atomic E-state index is -1.11.